The third kappa shape index (κ3) is 3.71. The SMILES string of the molecule is O=C(NCC12CC3CC(CC(C3)C1)C2)c1cc2n(n1)[C@H](C(F)(F)F)C[C@H](c1ccc3c(c1)OCO3)N2. The lowest BCUT2D eigenvalue weighted by molar-refractivity contribution is -0.173. The molecule has 8 rings (SSSR count). The highest BCUT2D eigenvalue weighted by atomic mass is 19.4. The monoisotopic (exact) mass is 502 g/mol. The van der Waals surface area contributed by atoms with E-state index in [2.05, 4.69) is 15.7 Å². The van der Waals surface area contributed by atoms with Gasteiger partial charge in [0.1, 0.15) is 5.82 Å². The van der Waals surface area contributed by atoms with Crippen LogP contribution < -0.4 is 20.1 Å². The summed E-state index contributed by atoms with van der Waals surface area (Å²) in [6.45, 7) is 0.671. The first-order chi connectivity index (χ1) is 17.2. The Kier molecular flexibility index (Phi) is 4.83. The van der Waals surface area contributed by atoms with Crippen LogP contribution in [-0.2, 0) is 0 Å². The summed E-state index contributed by atoms with van der Waals surface area (Å²) in [5.74, 6) is 3.15. The summed E-state index contributed by atoms with van der Waals surface area (Å²) in [4.78, 5) is 13.1. The number of fused-ring (bicyclic) bond motifs is 2. The molecular formula is C26H29F3N4O3. The molecule has 3 heterocycles. The molecule has 6 aliphatic rings. The molecule has 1 amide bonds. The van der Waals surface area contributed by atoms with E-state index in [-0.39, 0.29) is 30.1 Å². The first-order valence-electron chi connectivity index (χ1n) is 12.9. The molecule has 2 atom stereocenters. The van der Waals surface area contributed by atoms with Crippen LogP contribution in [0, 0.1) is 23.2 Å². The van der Waals surface area contributed by atoms with Crippen LogP contribution in [0.1, 0.15) is 73.1 Å². The maximum atomic E-state index is 14.1. The average Bonchev–Trinajstić information content (AvgIpc) is 3.47. The Hall–Kier alpha value is -2.91. The van der Waals surface area contributed by atoms with Crippen molar-refractivity contribution in [2.24, 2.45) is 23.2 Å². The minimum absolute atomic E-state index is 0.0165. The van der Waals surface area contributed by atoms with Crippen molar-refractivity contribution in [1.29, 1.82) is 0 Å². The molecule has 4 aliphatic carbocycles. The van der Waals surface area contributed by atoms with Crippen molar-refractivity contribution in [1.82, 2.24) is 15.1 Å². The Balaban J connectivity index is 1.11. The number of halogens is 3. The number of nitrogens with zero attached hydrogens (tertiary/aromatic N) is 2. The van der Waals surface area contributed by atoms with E-state index < -0.39 is 24.2 Å². The number of nitrogens with one attached hydrogen (secondary N) is 2. The van der Waals surface area contributed by atoms with E-state index in [9.17, 15) is 18.0 Å². The van der Waals surface area contributed by atoms with E-state index in [1.165, 1.54) is 25.3 Å². The minimum atomic E-state index is -4.51. The fourth-order valence-corrected chi connectivity index (χ4v) is 7.90. The second-order valence-electron chi connectivity index (χ2n) is 11.6. The number of anilines is 1. The van der Waals surface area contributed by atoms with E-state index in [0.717, 1.165) is 41.7 Å². The second-order valence-corrected chi connectivity index (χ2v) is 11.6. The fourth-order valence-electron chi connectivity index (χ4n) is 7.90. The quantitative estimate of drug-likeness (QED) is 0.600. The standard InChI is InChI=1S/C26H29F3N4O3/c27-26(28,29)22-7-18(17-1-2-20-21(6-17)36-13-35-20)31-23-8-19(32-33(22)23)24(34)30-12-25-9-14-3-15(10-25)5-16(4-14)11-25/h1-2,6,8,14-16,18,22,31H,3-5,7,9-13H2,(H,30,34)/t14?,15?,16?,18-,22+,25?/m1/s1. The predicted molar refractivity (Wildman–Crippen MR) is 124 cm³/mol. The van der Waals surface area contributed by atoms with E-state index in [4.69, 9.17) is 9.47 Å². The Morgan fingerprint density at radius 1 is 1.06 bits per heavy atom. The van der Waals surface area contributed by atoms with Gasteiger partial charge in [-0.15, -0.1) is 0 Å². The van der Waals surface area contributed by atoms with Crippen molar-refractivity contribution >= 4 is 11.7 Å². The minimum Gasteiger partial charge on any atom is -0.454 e. The highest BCUT2D eigenvalue weighted by Gasteiger charge is 2.51. The van der Waals surface area contributed by atoms with Crippen molar-refractivity contribution in [2.75, 3.05) is 18.7 Å². The molecule has 0 radical (unpaired) electrons. The van der Waals surface area contributed by atoms with Crippen molar-refractivity contribution in [3.8, 4) is 11.5 Å². The molecule has 4 bridgehead atoms. The Morgan fingerprint density at radius 3 is 2.44 bits per heavy atom. The number of ether oxygens (including phenoxy) is 2. The van der Waals surface area contributed by atoms with Gasteiger partial charge in [0.2, 0.25) is 6.79 Å². The van der Waals surface area contributed by atoms with Gasteiger partial charge in [-0.25, -0.2) is 4.68 Å². The molecule has 192 valence electrons. The largest absolute Gasteiger partial charge is 0.454 e. The van der Waals surface area contributed by atoms with Gasteiger partial charge >= 0.3 is 6.18 Å². The maximum absolute atomic E-state index is 14.1. The molecule has 7 nitrogen and oxygen atoms in total. The molecule has 10 heteroatoms. The summed E-state index contributed by atoms with van der Waals surface area (Å²) in [6, 6.07) is 4.14. The van der Waals surface area contributed by atoms with Gasteiger partial charge in [-0.05, 0) is 79.4 Å². The lowest BCUT2D eigenvalue weighted by atomic mass is 9.49. The molecule has 2 aliphatic heterocycles. The first-order valence-corrected chi connectivity index (χ1v) is 12.9. The van der Waals surface area contributed by atoms with E-state index in [0.29, 0.717) is 23.6 Å². The number of carbonyl (C=O) groups excluding carboxylic acids is 1. The van der Waals surface area contributed by atoms with Crippen molar-refractivity contribution < 1.29 is 27.4 Å². The van der Waals surface area contributed by atoms with Gasteiger partial charge in [-0.2, -0.15) is 18.3 Å². The van der Waals surface area contributed by atoms with Crippen LogP contribution in [0.5, 0.6) is 11.5 Å². The number of amides is 1. The number of carbonyl (C=O) groups is 1. The summed E-state index contributed by atoms with van der Waals surface area (Å²) in [7, 11) is 0. The topological polar surface area (TPSA) is 77.4 Å². The maximum Gasteiger partial charge on any atom is 0.410 e. The molecule has 36 heavy (non-hydrogen) atoms. The molecule has 1 aromatic carbocycles. The van der Waals surface area contributed by atoms with Gasteiger partial charge < -0.3 is 20.1 Å². The Labute approximate surface area is 206 Å². The lowest BCUT2D eigenvalue weighted by Crippen LogP contribution is -2.51. The average molecular weight is 503 g/mol. The number of alkyl halides is 3. The van der Waals surface area contributed by atoms with Crippen LogP contribution in [-0.4, -0.2) is 35.2 Å². The van der Waals surface area contributed by atoms with E-state index in [1.54, 1.807) is 18.2 Å². The van der Waals surface area contributed by atoms with Crippen LogP contribution >= 0.6 is 0 Å². The number of rotatable bonds is 4. The van der Waals surface area contributed by atoms with Crippen molar-refractivity contribution in [3.05, 3.63) is 35.5 Å². The summed E-state index contributed by atoms with van der Waals surface area (Å²) in [5, 5.41) is 10.3. The highest BCUT2D eigenvalue weighted by molar-refractivity contribution is 5.93. The molecular weight excluding hydrogens is 473 g/mol. The molecule has 2 aromatic rings. The van der Waals surface area contributed by atoms with E-state index in [1.807, 2.05) is 0 Å². The molecule has 2 N–H and O–H groups in total. The molecule has 4 fully saturated rings. The van der Waals surface area contributed by atoms with Crippen LogP contribution in [0.2, 0.25) is 0 Å². The number of benzene rings is 1. The zero-order valence-corrected chi connectivity index (χ0v) is 19.8. The second kappa shape index (κ2) is 7.79. The Morgan fingerprint density at radius 2 is 1.75 bits per heavy atom. The van der Waals surface area contributed by atoms with Crippen LogP contribution in [0.15, 0.2) is 24.3 Å². The van der Waals surface area contributed by atoms with Gasteiger partial charge in [0.05, 0.1) is 6.04 Å². The Bertz CT molecular complexity index is 1170. The summed E-state index contributed by atoms with van der Waals surface area (Å²) in [5.41, 5.74) is 0.817. The van der Waals surface area contributed by atoms with Crippen LogP contribution in [0.3, 0.4) is 0 Å². The normalized spacial score (nSPS) is 33.8. The zero-order chi connectivity index (χ0) is 24.7. The van der Waals surface area contributed by atoms with Gasteiger partial charge in [-0.3, -0.25) is 4.79 Å². The summed E-state index contributed by atoms with van der Waals surface area (Å²) in [6.07, 6.45) is 2.63. The van der Waals surface area contributed by atoms with Crippen LogP contribution in [0.4, 0.5) is 19.0 Å². The number of hydrogen-bond acceptors (Lipinski definition) is 5. The molecule has 0 unspecified atom stereocenters. The number of aromatic nitrogens is 2. The smallest absolute Gasteiger partial charge is 0.410 e. The van der Waals surface area contributed by atoms with E-state index >= 15 is 0 Å². The van der Waals surface area contributed by atoms with Crippen LogP contribution in [0.25, 0.3) is 0 Å². The fraction of sp³-hybridized carbons (Fsp3) is 0.615. The third-order valence-corrected chi connectivity index (χ3v) is 9.01. The molecule has 0 spiro atoms. The van der Waals surface area contributed by atoms with Gasteiger partial charge in [0.25, 0.3) is 5.91 Å². The first kappa shape index (κ1) is 22.3. The summed E-state index contributed by atoms with van der Waals surface area (Å²) >= 11 is 0. The molecule has 0 saturated heterocycles. The summed E-state index contributed by atoms with van der Waals surface area (Å²) < 4.78 is 53.9. The van der Waals surface area contributed by atoms with Crippen molar-refractivity contribution in [2.45, 2.75) is 63.2 Å². The molecule has 4 saturated carbocycles. The highest BCUT2D eigenvalue weighted by Crippen LogP contribution is 2.59. The van der Waals surface area contributed by atoms with Gasteiger partial charge in [0.15, 0.2) is 23.2 Å². The molecule has 1 aromatic heterocycles. The zero-order valence-electron chi connectivity index (χ0n) is 19.8. The third-order valence-electron chi connectivity index (χ3n) is 9.01. The lowest BCUT2D eigenvalue weighted by Gasteiger charge is -2.56. The van der Waals surface area contributed by atoms with Gasteiger partial charge in [0, 0.05) is 19.0 Å². The van der Waals surface area contributed by atoms with Gasteiger partial charge in [-0.1, -0.05) is 6.07 Å². The number of hydrogen-bond donors (Lipinski definition) is 2. The van der Waals surface area contributed by atoms with Crippen molar-refractivity contribution in [3.63, 3.8) is 0 Å². The predicted octanol–water partition coefficient (Wildman–Crippen LogP) is 5.22.